The molecule has 1 N–H and O–H groups in total. The zero-order valence-corrected chi connectivity index (χ0v) is 12.7. The molecule has 0 saturated heterocycles. The number of halogens is 1. The Morgan fingerprint density at radius 2 is 2.05 bits per heavy atom. The normalized spacial score (nSPS) is 22.2. The fraction of sp³-hybridized carbons (Fsp3) is 0.471. The Hall–Kier alpha value is -1.12. The summed E-state index contributed by atoms with van der Waals surface area (Å²) in [6.07, 6.45) is 4.07. The van der Waals surface area contributed by atoms with E-state index in [1.54, 1.807) is 0 Å². The summed E-state index contributed by atoms with van der Waals surface area (Å²) in [5, 5.41) is 12.2. The van der Waals surface area contributed by atoms with Gasteiger partial charge in [0.2, 0.25) is 0 Å². The number of nitrogens with zero attached hydrogens (tertiary/aromatic N) is 1. The maximum absolute atomic E-state index is 9.19. The van der Waals surface area contributed by atoms with E-state index in [-0.39, 0.29) is 0 Å². The largest absolute Gasteiger partial charge is 0.396 e. The zero-order chi connectivity index (χ0) is 14.3. The second-order valence-electron chi connectivity index (χ2n) is 6.17. The minimum absolute atomic E-state index is 0.308. The monoisotopic (exact) mass is 289 g/mol. The summed E-state index contributed by atoms with van der Waals surface area (Å²) < 4.78 is 0. The van der Waals surface area contributed by atoms with Crippen LogP contribution < -0.4 is 0 Å². The first-order chi connectivity index (χ1) is 9.60. The summed E-state index contributed by atoms with van der Waals surface area (Å²) >= 11 is 6.08. The maximum Gasteiger partial charge on any atom is 0.129 e. The van der Waals surface area contributed by atoms with Crippen LogP contribution in [0.1, 0.15) is 49.7 Å². The molecular weight excluding hydrogens is 270 g/mol. The molecule has 0 spiro atoms. The van der Waals surface area contributed by atoms with Crippen LogP contribution in [0.4, 0.5) is 0 Å². The van der Waals surface area contributed by atoms with Gasteiger partial charge in [-0.2, -0.15) is 0 Å². The molecule has 1 heterocycles. The Labute approximate surface area is 124 Å². The molecule has 1 aliphatic carbocycles. The Morgan fingerprint density at radius 3 is 2.70 bits per heavy atom. The molecule has 0 atom stereocenters. The molecule has 1 fully saturated rings. The molecule has 106 valence electrons. The molecule has 0 radical (unpaired) electrons. The van der Waals surface area contributed by atoms with E-state index in [0.717, 1.165) is 12.8 Å². The van der Waals surface area contributed by atoms with Crippen molar-refractivity contribution in [2.45, 2.75) is 38.5 Å². The summed E-state index contributed by atoms with van der Waals surface area (Å²) in [6, 6.07) is 6.45. The van der Waals surface area contributed by atoms with Gasteiger partial charge in [0.05, 0.1) is 0 Å². The predicted octanol–water partition coefficient (Wildman–Crippen LogP) is 4.50. The van der Waals surface area contributed by atoms with Gasteiger partial charge in [0.15, 0.2) is 0 Å². The van der Waals surface area contributed by atoms with Crippen LogP contribution in [0.15, 0.2) is 24.4 Å². The minimum Gasteiger partial charge on any atom is -0.396 e. The predicted molar refractivity (Wildman–Crippen MR) is 83.4 cm³/mol. The number of hydrogen-bond donors (Lipinski definition) is 1. The van der Waals surface area contributed by atoms with Crippen molar-refractivity contribution in [2.75, 3.05) is 6.61 Å². The Balaban J connectivity index is 2.09. The lowest BCUT2D eigenvalue weighted by Gasteiger charge is -2.35. The lowest BCUT2D eigenvalue weighted by atomic mass is 9.70. The molecule has 1 aromatic heterocycles. The number of aromatic nitrogens is 1. The van der Waals surface area contributed by atoms with Gasteiger partial charge in [-0.25, -0.2) is 4.98 Å². The van der Waals surface area contributed by atoms with E-state index in [2.05, 4.69) is 31.0 Å². The Morgan fingerprint density at radius 1 is 1.30 bits per heavy atom. The SMILES string of the molecule is CC(C)c1ccc(C2CC(CO)C2)c2cnc(Cl)cc12. The summed E-state index contributed by atoms with van der Waals surface area (Å²) in [6.45, 7) is 4.71. The molecule has 0 aliphatic heterocycles. The van der Waals surface area contributed by atoms with Gasteiger partial charge in [-0.3, -0.25) is 0 Å². The minimum atomic E-state index is 0.308. The fourth-order valence-electron chi connectivity index (χ4n) is 3.26. The number of rotatable bonds is 3. The lowest BCUT2D eigenvalue weighted by molar-refractivity contribution is 0.143. The summed E-state index contributed by atoms with van der Waals surface area (Å²) in [7, 11) is 0. The summed E-state index contributed by atoms with van der Waals surface area (Å²) in [4.78, 5) is 4.26. The van der Waals surface area contributed by atoms with Crippen molar-refractivity contribution in [3.05, 3.63) is 40.7 Å². The van der Waals surface area contributed by atoms with Crippen LogP contribution in [0.25, 0.3) is 10.8 Å². The van der Waals surface area contributed by atoms with E-state index in [1.165, 1.54) is 21.9 Å². The van der Waals surface area contributed by atoms with Crippen LogP contribution >= 0.6 is 11.6 Å². The second-order valence-corrected chi connectivity index (χ2v) is 6.56. The molecule has 1 aliphatic rings. The first kappa shape index (κ1) is 13.8. The van der Waals surface area contributed by atoms with Crippen LogP contribution in [0, 0.1) is 5.92 Å². The molecule has 3 rings (SSSR count). The van der Waals surface area contributed by atoms with Crippen molar-refractivity contribution in [2.24, 2.45) is 5.92 Å². The molecule has 0 bridgehead atoms. The average molecular weight is 290 g/mol. The highest BCUT2D eigenvalue weighted by Gasteiger charge is 2.31. The number of aliphatic hydroxyl groups excluding tert-OH is 1. The van der Waals surface area contributed by atoms with Gasteiger partial charge >= 0.3 is 0 Å². The van der Waals surface area contributed by atoms with Crippen molar-refractivity contribution < 1.29 is 5.11 Å². The Bertz CT molecular complexity index is 632. The maximum atomic E-state index is 9.19. The molecule has 1 aromatic carbocycles. The van der Waals surface area contributed by atoms with Crippen molar-refractivity contribution in [3.63, 3.8) is 0 Å². The highest BCUT2D eigenvalue weighted by Crippen LogP contribution is 2.44. The molecule has 0 amide bonds. The van der Waals surface area contributed by atoms with Crippen LogP contribution in [-0.4, -0.2) is 16.7 Å². The molecule has 2 aromatic rings. The lowest BCUT2D eigenvalue weighted by Crippen LogP contribution is -2.24. The third kappa shape index (κ3) is 2.32. The zero-order valence-electron chi connectivity index (χ0n) is 11.9. The standard InChI is InChI=1S/C17H20ClNO/c1-10(2)13-3-4-14(12-5-11(6-12)9-20)16-8-19-17(18)7-15(13)16/h3-4,7-8,10-12,20H,5-6,9H2,1-2H3. The molecule has 1 saturated carbocycles. The molecule has 2 nitrogen and oxygen atoms in total. The molecule has 0 unspecified atom stereocenters. The first-order valence-electron chi connectivity index (χ1n) is 7.29. The van der Waals surface area contributed by atoms with E-state index >= 15 is 0 Å². The number of pyridine rings is 1. The molecule has 20 heavy (non-hydrogen) atoms. The number of aliphatic hydroxyl groups is 1. The summed E-state index contributed by atoms with van der Waals surface area (Å²) in [5.74, 6) is 1.50. The van der Waals surface area contributed by atoms with Gasteiger partial charge < -0.3 is 5.11 Å². The summed E-state index contributed by atoms with van der Waals surface area (Å²) in [5.41, 5.74) is 2.68. The third-order valence-electron chi connectivity index (χ3n) is 4.49. The highest BCUT2D eigenvalue weighted by molar-refractivity contribution is 6.30. The van der Waals surface area contributed by atoms with Crippen LogP contribution in [0.2, 0.25) is 5.15 Å². The quantitative estimate of drug-likeness (QED) is 0.844. The molecular formula is C17H20ClNO. The number of hydrogen-bond acceptors (Lipinski definition) is 2. The van der Waals surface area contributed by atoms with Crippen molar-refractivity contribution in [1.82, 2.24) is 4.98 Å². The van der Waals surface area contributed by atoms with E-state index in [0.29, 0.717) is 29.5 Å². The van der Waals surface area contributed by atoms with Crippen molar-refractivity contribution in [1.29, 1.82) is 0 Å². The van der Waals surface area contributed by atoms with E-state index in [9.17, 15) is 5.11 Å². The van der Waals surface area contributed by atoms with Crippen molar-refractivity contribution in [3.8, 4) is 0 Å². The van der Waals surface area contributed by atoms with Gasteiger partial charge in [0, 0.05) is 18.2 Å². The average Bonchev–Trinajstić information content (AvgIpc) is 2.36. The Kier molecular flexibility index (Phi) is 3.70. The van der Waals surface area contributed by atoms with Crippen LogP contribution in [0.5, 0.6) is 0 Å². The van der Waals surface area contributed by atoms with Gasteiger partial charge in [-0.05, 0) is 53.2 Å². The number of benzene rings is 1. The van der Waals surface area contributed by atoms with E-state index in [4.69, 9.17) is 11.6 Å². The first-order valence-corrected chi connectivity index (χ1v) is 7.66. The van der Waals surface area contributed by atoms with Gasteiger partial charge in [0.1, 0.15) is 5.15 Å². The highest BCUT2D eigenvalue weighted by atomic mass is 35.5. The van der Waals surface area contributed by atoms with Crippen LogP contribution in [0.3, 0.4) is 0 Å². The van der Waals surface area contributed by atoms with Crippen LogP contribution in [-0.2, 0) is 0 Å². The smallest absolute Gasteiger partial charge is 0.129 e. The van der Waals surface area contributed by atoms with Gasteiger partial charge in [-0.1, -0.05) is 37.6 Å². The second kappa shape index (κ2) is 5.34. The van der Waals surface area contributed by atoms with Gasteiger partial charge in [-0.15, -0.1) is 0 Å². The topological polar surface area (TPSA) is 33.1 Å². The molecule has 3 heteroatoms. The van der Waals surface area contributed by atoms with Crippen molar-refractivity contribution >= 4 is 22.4 Å². The van der Waals surface area contributed by atoms with E-state index < -0.39 is 0 Å². The van der Waals surface area contributed by atoms with E-state index in [1.807, 2.05) is 12.3 Å². The fourth-order valence-corrected chi connectivity index (χ4v) is 3.41. The number of fused-ring (bicyclic) bond motifs is 1. The van der Waals surface area contributed by atoms with Gasteiger partial charge in [0.25, 0.3) is 0 Å². The third-order valence-corrected chi connectivity index (χ3v) is 4.70.